The van der Waals surface area contributed by atoms with Crippen molar-refractivity contribution < 1.29 is 8.42 Å². The van der Waals surface area contributed by atoms with Gasteiger partial charge in [-0.15, -0.1) is 0 Å². The fourth-order valence-corrected chi connectivity index (χ4v) is 4.25. The molecule has 0 aromatic rings. The normalized spacial score (nSPS) is 20.2. The number of hydrogen-bond donors (Lipinski definition) is 0. The summed E-state index contributed by atoms with van der Waals surface area (Å²) in [6.07, 6.45) is 0. The Labute approximate surface area is 90.8 Å². The van der Waals surface area contributed by atoms with Gasteiger partial charge in [-0.05, 0) is 0 Å². The first kappa shape index (κ1) is 12.3. The summed E-state index contributed by atoms with van der Waals surface area (Å²) < 4.78 is 27.1. The summed E-state index contributed by atoms with van der Waals surface area (Å²) in [6, 6.07) is 0. The number of thioether (sulfide) groups is 1. The second-order valence-electron chi connectivity index (χ2n) is 3.10. The number of hydrogen-bond acceptors (Lipinski definition) is 3. The smallest absolute Gasteiger partial charge is 0.195 e. The molecule has 14 heavy (non-hydrogen) atoms. The summed E-state index contributed by atoms with van der Waals surface area (Å²) in [4.78, 5) is 0. The van der Waals surface area contributed by atoms with E-state index < -0.39 is 10.2 Å². The minimum absolute atomic E-state index is 0.558. The molecule has 1 saturated heterocycles. The van der Waals surface area contributed by atoms with Crippen LogP contribution in [0.1, 0.15) is 13.8 Å². The average molecular weight is 238 g/mol. The quantitative estimate of drug-likeness (QED) is 0.721. The molecule has 0 unspecified atom stereocenters. The van der Waals surface area contributed by atoms with Crippen LogP contribution in [0.15, 0.2) is 0 Å². The Kier molecular flexibility index (Phi) is 4.69. The van der Waals surface area contributed by atoms with Crippen molar-refractivity contribution in [1.29, 1.82) is 0 Å². The highest BCUT2D eigenvalue weighted by Crippen LogP contribution is 2.15. The lowest BCUT2D eigenvalue weighted by atomic mass is 10.6. The molecule has 0 amide bonds. The lowest BCUT2D eigenvalue weighted by Gasteiger charge is -2.30. The van der Waals surface area contributed by atoms with Crippen LogP contribution in [0.3, 0.4) is 0 Å². The fourth-order valence-electron chi connectivity index (χ4n) is 1.49. The molecule has 0 saturated carbocycles. The van der Waals surface area contributed by atoms with Gasteiger partial charge in [-0.25, -0.2) is 0 Å². The average Bonchev–Trinajstić information content (AvgIpc) is 2.20. The molecule has 0 aromatic carbocycles. The highest BCUT2D eigenvalue weighted by Gasteiger charge is 2.28. The van der Waals surface area contributed by atoms with Crippen LogP contribution in [0.5, 0.6) is 0 Å². The topological polar surface area (TPSA) is 40.6 Å². The molecule has 4 nitrogen and oxygen atoms in total. The van der Waals surface area contributed by atoms with Crippen molar-refractivity contribution in [1.82, 2.24) is 8.61 Å². The molecule has 0 bridgehead atoms. The molecule has 0 N–H and O–H groups in total. The number of rotatable bonds is 4. The van der Waals surface area contributed by atoms with Crippen LogP contribution in [-0.2, 0) is 10.2 Å². The molecule has 1 aliphatic rings. The van der Waals surface area contributed by atoms with E-state index in [9.17, 15) is 8.42 Å². The van der Waals surface area contributed by atoms with E-state index in [-0.39, 0.29) is 0 Å². The molecular weight excluding hydrogens is 220 g/mol. The molecule has 0 aliphatic carbocycles. The molecule has 84 valence electrons. The Morgan fingerprint density at radius 2 is 1.71 bits per heavy atom. The van der Waals surface area contributed by atoms with Crippen molar-refractivity contribution in [3.05, 3.63) is 0 Å². The van der Waals surface area contributed by atoms with Gasteiger partial charge in [-0.3, -0.25) is 0 Å². The minimum Gasteiger partial charge on any atom is -0.195 e. The molecule has 1 rings (SSSR count). The summed E-state index contributed by atoms with van der Waals surface area (Å²) >= 11 is 1.82. The first-order valence-electron chi connectivity index (χ1n) is 4.95. The van der Waals surface area contributed by atoms with Crippen molar-refractivity contribution in [3.8, 4) is 0 Å². The molecular formula is C8H18N2O2S2. The molecule has 1 fully saturated rings. The summed E-state index contributed by atoms with van der Waals surface area (Å²) in [5, 5.41) is 0. The zero-order valence-corrected chi connectivity index (χ0v) is 10.4. The Morgan fingerprint density at radius 3 is 2.14 bits per heavy atom. The second-order valence-corrected chi connectivity index (χ2v) is 6.26. The van der Waals surface area contributed by atoms with E-state index in [4.69, 9.17) is 0 Å². The van der Waals surface area contributed by atoms with Gasteiger partial charge in [0.1, 0.15) is 0 Å². The summed E-state index contributed by atoms with van der Waals surface area (Å²) in [5.41, 5.74) is 0. The van der Waals surface area contributed by atoms with E-state index in [0.29, 0.717) is 26.2 Å². The molecule has 1 aliphatic heterocycles. The Bertz CT molecular complexity index is 257. The van der Waals surface area contributed by atoms with Gasteiger partial charge in [-0.1, -0.05) is 13.8 Å². The highest BCUT2D eigenvalue weighted by molar-refractivity contribution is 7.99. The van der Waals surface area contributed by atoms with E-state index in [0.717, 1.165) is 11.5 Å². The first-order valence-corrected chi connectivity index (χ1v) is 7.51. The van der Waals surface area contributed by atoms with Gasteiger partial charge in [-0.2, -0.15) is 28.8 Å². The van der Waals surface area contributed by atoms with Gasteiger partial charge in [0.2, 0.25) is 0 Å². The van der Waals surface area contributed by atoms with Crippen LogP contribution in [0.25, 0.3) is 0 Å². The molecule has 0 radical (unpaired) electrons. The Morgan fingerprint density at radius 1 is 1.21 bits per heavy atom. The van der Waals surface area contributed by atoms with Crippen molar-refractivity contribution >= 4 is 22.0 Å². The van der Waals surface area contributed by atoms with Crippen molar-refractivity contribution in [2.45, 2.75) is 13.8 Å². The van der Waals surface area contributed by atoms with Crippen LogP contribution >= 0.6 is 11.8 Å². The molecule has 0 aromatic heterocycles. The van der Waals surface area contributed by atoms with Crippen molar-refractivity contribution in [3.63, 3.8) is 0 Å². The van der Waals surface area contributed by atoms with Crippen LogP contribution in [-0.4, -0.2) is 54.7 Å². The maximum absolute atomic E-state index is 12.0. The van der Waals surface area contributed by atoms with Crippen molar-refractivity contribution in [2.24, 2.45) is 0 Å². The standard InChI is InChI=1S/C8H18N2O2S2/c1-3-9(4-2)14(11,12)10-5-7-13-8-6-10/h3-8H2,1-2H3. The molecule has 0 spiro atoms. The molecule has 6 heteroatoms. The van der Waals surface area contributed by atoms with Gasteiger partial charge in [0.15, 0.2) is 0 Å². The third-order valence-corrected chi connectivity index (χ3v) is 5.46. The SMILES string of the molecule is CCN(CC)S(=O)(=O)N1CCSCC1. The lowest BCUT2D eigenvalue weighted by Crippen LogP contribution is -2.47. The van der Waals surface area contributed by atoms with E-state index >= 15 is 0 Å². The Hall–Kier alpha value is 0.220. The summed E-state index contributed by atoms with van der Waals surface area (Å²) in [5.74, 6) is 1.83. The third kappa shape index (κ3) is 2.62. The predicted octanol–water partition coefficient (Wildman–Crippen LogP) is 0.622. The molecule has 1 heterocycles. The van der Waals surface area contributed by atoms with Gasteiger partial charge >= 0.3 is 0 Å². The minimum atomic E-state index is -3.17. The largest absolute Gasteiger partial charge is 0.282 e. The highest BCUT2D eigenvalue weighted by atomic mass is 32.2. The van der Waals surface area contributed by atoms with Crippen LogP contribution in [0.2, 0.25) is 0 Å². The Balaban J connectivity index is 2.71. The lowest BCUT2D eigenvalue weighted by molar-refractivity contribution is 0.364. The monoisotopic (exact) mass is 238 g/mol. The second kappa shape index (κ2) is 5.34. The van der Waals surface area contributed by atoms with Crippen LogP contribution < -0.4 is 0 Å². The first-order chi connectivity index (χ1) is 6.62. The fraction of sp³-hybridized carbons (Fsp3) is 1.00. The van der Waals surface area contributed by atoms with Crippen molar-refractivity contribution in [2.75, 3.05) is 37.7 Å². The third-order valence-electron chi connectivity index (χ3n) is 2.33. The maximum Gasteiger partial charge on any atom is 0.282 e. The zero-order chi connectivity index (χ0) is 10.6. The zero-order valence-electron chi connectivity index (χ0n) is 8.77. The predicted molar refractivity (Wildman–Crippen MR) is 60.7 cm³/mol. The molecule has 0 atom stereocenters. The van der Waals surface area contributed by atoms with E-state index in [1.54, 1.807) is 4.31 Å². The summed E-state index contributed by atoms with van der Waals surface area (Å²) in [7, 11) is -3.17. The van der Waals surface area contributed by atoms with Crippen LogP contribution in [0.4, 0.5) is 0 Å². The number of nitrogens with zero attached hydrogens (tertiary/aromatic N) is 2. The van der Waals surface area contributed by atoms with Gasteiger partial charge < -0.3 is 0 Å². The van der Waals surface area contributed by atoms with E-state index in [1.807, 2.05) is 25.6 Å². The van der Waals surface area contributed by atoms with E-state index in [2.05, 4.69) is 0 Å². The summed E-state index contributed by atoms with van der Waals surface area (Å²) in [6.45, 7) is 6.18. The van der Waals surface area contributed by atoms with Gasteiger partial charge in [0, 0.05) is 37.7 Å². The van der Waals surface area contributed by atoms with Gasteiger partial charge in [0.25, 0.3) is 10.2 Å². The van der Waals surface area contributed by atoms with Gasteiger partial charge in [0.05, 0.1) is 0 Å². The van der Waals surface area contributed by atoms with E-state index in [1.165, 1.54) is 4.31 Å². The maximum atomic E-state index is 12.0. The van der Waals surface area contributed by atoms with Crippen LogP contribution in [0, 0.1) is 0 Å².